The van der Waals surface area contributed by atoms with Gasteiger partial charge in [-0.3, -0.25) is 4.79 Å². The van der Waals surface area contributed by atoms with E-state index in [1.54, 1.807) is 6.08 Å². The van der Waals surface area contributed by atoms with Gasteiger partial charge in [0.05, 0.1) is 12.2 Å². The van der Waals surface area contributed by atoms with Crippen molar-refractivity contribution in [2.24, 2.45) is 0 Å². The molecule has 0 aromatic heterocycles. The molecule has 1 amide bonds. The van der Waals surface area contributed by atoms with Crippen LogP contribution in [0.2, 0.25) is 0 Å². The van der Waals surface area contributed by atoms with Crippen LogP contribution in [0.3, 0.4) is 0 Å². The van der Waals surface area contributed by atoms with Gasteiger partial charge in [0.25, 0.3) is 0 Å². The molecule has 114 valence electrons. The van der Waals surface area contributed by atoms with Gasteiger partial charge in [-0.05, 0) is 59.0 Å². The Hall–Kier alpha value is -2.02. The first-order valence-corrected chi connectivity index (χ1v) is 7.89. The summed E-state index contributed by atoms with van der Waals surface area (Å²) in [6.45, 7) is 4.21. The standard InChI is InChI=1S/C17H17IN2O2/c1-2-11-22-16-6-4-3-5-15(16)19-12-17(21)20-14-9-7-13(18)8-10-14/h2-10,19H,1,11-12H2,(H,20,21). The number of anilines is 2. The van der Waals surface area contributed by atoms with Crippen molar-refractivity contribution in [2.75, 3.05) is 23.8 Å². The van der Waals surface area contributed by atoms with E-state index in [0.717, 1.165) is 14.9 Å². The van der Waals surface area contributed by atoms with Crippen molar-refractivity contribution < 1.29 is 9.53 Å². The number of hydrogen-bond acceptors (Lipinski definition) is 3. The van der Waals surface area contributed by atoms with Gasteiger partial charge in [0.2, 0.25) is 5.91 Å². The van der Waals surface area contributed by atoms with E-state index in [4.69, 9.17) is 4.74 Å². The maximum Gasteiger partial charge on any atom is 0.243 e. The van der Waals surface area contributed by atoms with Gasteiger partial charge in [0.15, 0.2) is 0 Å². The highest BCUT2D eigenvalue weighted by molar-refractivity contribution is 14.1. The van der Waals surface area contributed by atoms with Crippen molar-refractivity contribution in [3.8, 4) is 5.75 Å². The molecule has 0 spiro atoms. The Balaban J connectivity index is 1.90. The van der Waals surface area contributed by atoms with Crippen molar-refractivity contribution in [3.63, 3.8) is 0 Å². The minimum Gasteiger partial charge on any atom is -0.487 e. The lowest BCUT2D eigenvalue weighted by Crippen LogP contribution is -2.22. The lowest BCUT2D eigenvalue weighted by molar-refractivity contribution is -0.114. The molecule has 4 nitrogen and oxygen atoms in total. The summed E-state index contributed by atoms with van der Waals surface area (Å²) in [4.78, 5) is 12.0. The summed E-state index contributed by atoms with van der Waals surface area (Å²) in [5, 5.41) is 5.92. The van der Waals surface area contributed by atoms with E-state index in [1.165, 1.54) is 0 Å². The lowest BCUT2D eigenvalue weighted by Gasteiger charge is -2.12. The van der Waals surface area contributed by atoms with Crippen LogP contribution in [0.4, 0.5) is 11.4 Å². The molecule has 2 rings (SSSR count). The highest BCUT2D eigenvalue weighted by Gasteiger charge is 2.05. The molecule has 2 N–H and O–H groups in total. The summed E-state index contributed by atoms with van der Waals surface area (Å²) in [7, 11) is 0. The molecule has 0 radical (unpaired) electrons. The first kappa shape index (κ1) is 16.4. The summed E-state index contributed by atoms with van der Waals surface area (Å²) >= 11 is 2.22. The third-order valence-electron chi connectivity index (χ3n) is 2.81. The zero-order valence-corrected chi connectivity index (χ0v) is 14.2. The minimum absolute atomic E-state index is 0.111. The fourth-order valence-corrected chi connectivity index (χ4v) is 2.16. The molecular weight excluding hydrogens is 391 g/mol. The van der Waals surface area contributed by atoms with Crippen LogP contribution in [0.15, 0.2) is 61.2 Å². The van der Waals surface area contributed by atoms with Gasteiger partial charge in [-0.1, -0.05) is 24.8 Å². The minimum atomic E-state index is -0.111. The van der Waals surface area contributed by atoms with Crippen LogP contribution in [-0.4, -0.2) is 19.1 Å². The fourth-order valence-electron chi connectivity index (χ4n) is 1.80. The lowest BCUT2D eigenvalue weighted by atomic mass is 10.3. The molecule has 2 aromatic rings. The molecule has 5 heteroatoms. The Morgan fingerprint density at radius 2 is 1.91 bits per heavy atom. The van der Waals surface area contributed by atoms with Crippen LogP contribution in [-0.2, 0) is 4.79 Å². The number of carbonyl (C=O) groups is 1. The number of hydrogen-bond donors (Lipinski definition) is 2. The second-order valence-corrected chi connectivity index (χ2v) is 5.75. The number of ether oxygens (including phenoxy) is 1. The number of para-hydroxylation sites is 2. The highest BCUT2D eigenvalue weighted by atomic mass is 127. The molecule has 22 heavy (non-hydrogen) atoms. The van der Waals surface area contributed by atoms with Crippen LogP contribution in [0.5, 0.6) is 5.75 Å². The van der Waals surface area contributed by atoms with Gasteiger partial charge >= 0.3 is 0 Å². The Morgan fingerprint density at radius 1 is 1.18 bits per heavy atom. The van der Waals surface area contributed by atoms with Crippen molar-refractivity contribution >= 4 is 39.9 Å². The van der Waals surface area contributed by atoms with Crippen LogP contribution < -0.4 is 15.4 Å². The summed E-state index contributed by atoms with van der Waals surface area (Å²) < 4.78 is 6.66. The molecule has 0 aliphatic carbocycles. The van der Waals surface area contributed by atoms with E-state index in [2.05, 4.69) is 39.8 Å². The van der Waals surface area contributed by atoms with E-state index in [1.807, 2.05) is 48.5 Å². The number of benzene rings is 2. The molecule has 0 aliphatic heterocycles. The van der Waals surface area contributed by atoms with Crippen LogP contribution in [0.1, 0.15) is 0 Å². The zero-order chi connectivity index (χ0) is 15.8. The molecular formula is C17H17IN2O2. The second-order valence-electron chi connectivity index (χ2n) is 4.50. The third-order valence-corrected chi connectivity index (χ3v) is 3.53. The number of rotatable bonds is 7. The number of amides is 1. The van der Waals surface area contributed by atoms with Crippen LogP contribution >= 0.6 is 22.6 Å². The molecule has 0 fully saturated rings. The van der Waals surface area contributed by atoms with E-state index >= 15 is 0 Å². The van der Waals surface area contributed by atoms with Gasteiger partial charge in [-0.25, -0.2) is 0 Å². The van der Waals surface area contributed by atoms with Gasteiger partial charge in [-0.2, -0.15) is 0 Å². The Labute approximate surface area is 143 Å². The Bertz CT molecular complexity index is 641. The SMILES string of the molecule is C=CCOc1ccccc1NCC(=O)Nc1ccc(I)cc1. The molecule has 0 bridgehead atoms. The van der Waals surface area contributed by atoms with Gasteiger partial charge in [0.1, 0.15) is 12.4 Å². The van der Waals surface area contributed by atoms with Crippen molar-refractivity contribution in [1.82, 2.24) is 0 Å². The van der Waals surface area contributed by atoms with E-state index in [9.17, 15) is 4.79 Å². The smallest absolute Gasteiger partial charge is 0.243 e. The van der Waals surface area contributed by atoms with Gasteiger partial charge in [0, 0.05) is 9.26 Å². The molecule has 0 atom stereocenters. The molecule has 0 unspecified atom stereocenters. The highest BCUT2D eigenvalue weighted by Crippen LogP contribution is 2.23. The molecule has 2 aromatic carbocycles. The predicted molar refractivity (Wildman–Crippen MR) is 98.4 cm³/mol. The summed E-state index contributed by atoms with van der Waals surface area (Å²) in [5.41, 5.74) is 1.56. The first-order valence-electron chi connectivity index (χ1n) is 6.81. The normalized spacial score (nSPS) is 9.86. The largest absolute Gasteiger partial charge is 0.487 e. The van der Waals surface area contributed by atoms with Crippen molar-refractivity contribution in [1.29, 1.82) is 0 Å². The van der Waals surface area contributed by atoms with Gasteiger partial charge in [-0.15, -0.1) is 0 Å². The van der Waals surface area contributed by atoms with Crippen molar-refractivity contribution in [2.45, 2.75) is 0 Å². The van der Waals surface area contributed by atoms with Crippen LogP contribution in [0.25, 0.3) is 0 Å². The second kappa shape index (κ2) is 8.43. The average molecular weight is 408 g/mol. The summed E-state index contributed by atoms with van der Waals surface area (Å²) in [6.07, 6.45) is 1.68. The monoisotopic (exact) mass is 408 g/mol. The molecule has 0 heterocycles. The molecule has 0 aliphatic rings. The molecule has 0 saturated heterocycles. The third kappa shape index (κ3) is 5.07. The maximum absolute atomic E-state index is 12.0. The number of carbonyl (C=O) groups excluding carboxylic acids is 1. The Morgan fingerprint density at radius 3 is 2.64 bits per heavy atom. The zero-order valence-electron chi connectivity index (χ0n) is 12.0. The average Bonchev–Trinajstić information content (AvgIpc) is 2.54. The topological polar surface area (TPSA) is 50.4 Å². The van der Waals surface area contributed by atoms with Gasteiger partial charge < -0.3 is 15.4 Å². The first-order chi connectivity index (χ1) is 10.7. The summed E-state index contributed by atoms with van der Waals surface area (Å²) in [6, 6.07) is 15.1. The van der Waals surface area contributed by atoms with Crippen molar-refractivity contribution in [3.05, 3.63) is 64.8 Å². The van der Waals surface area contributed by atoms with E-state index < -0.39 is 0 Å². The van der Waals surface area contributed by atoms with E-state index in [-0.39, 0.29) is 12.5 Å². The van der Waals surface area contributed by atoms with E-state index in [0.29, 0.717) is 12.4 Å². The number of nitrogens with one attached hydrogen (secondary N) is 2. The van der Waals surface area contributed by atoms with Crippen LogP contribution in [0, 0.1) is 3.57 Å². The maximum atomic E-state index is 12.0. The fraction of sp³-hybridized carbons (Fsp3) is 0.118. The predicted octanol–water partition coefficient (Wildman–Crippen LogP) is 3.91. The molecule has 0 saturated carbocycles. The quantitative estimate of drug-likeness (QED) is 0.540. The summed E-state index contributed by atoms with van der Waals surface area (Å²) in [5.74, 6) is 0.587. The number of halogens is 1. The Kier molecular flexibility index (Phi) is 6.27.